The quantitative estimate of drug-likeness (QED) is 0.731. The summed E-state index contributed by atoms with van der Waals surface area (Å²) in [7, 11) is 0. The molecule has 4 heteroatoms. The fraction of sp³-hybridized carbons (Fsp3) is 0.833. The second-order valence-electron chi connectivity index (χ2n) is 4.39. The summed E-state index contributed by atoms with van der Waals surface area (Å²) >= 11 is 0. The van der Waals surface area contributed by atoms with Gasteiger partial charge in [-0.2, -0.15) is 0 Å². The first kappa shape index (κ1) is 13.0. The summed E-state index contributed by atoms with van der Waals surface area (Å²) in [5.41, 5.74) is 0. The first-order valence-electron chi connectivity index (χ1n) is 6.19. The second-order valence-corrected chi connectivity index (χ2v) is 4.39. The van der Waals surface area contributed by atoms with E-state index < -0.39 is 12.0 Å². The zero-order valence-corrected chi connectivity index (χ0v) is 9.95. The van der Waals surface area contributed by atoms with E-state index in [1.54, 1.807) is 4.90 Å². The van der Waals surface area contributed by atoms with E-state index in [2.05, 4.69) is 6.92 Å². The molecule has 0 saturated carbocycles. The number of likely N-dealkylation sites (tertiary alicyclic amines) is 1. The van der Waals surface area contributed by atoms with Crippen LogP contribution in [0.5, 0.6) is 0 Å². The number of piperidine rings is 1. The van der Waals surface area contributed by atoms with Gasteiger partial charge in [0.15, 0.2) is 0 Å². The molecule has 0 aromatic heterocycles. The van der Waals surface area contributed by atoms with E-state index in [0.717, 1.165) is 32.1 Å². The summed E-state index contributed by atoms with van der Waals surface area (Å²) in [5, 5.41) is 9.04. The van der Waals surface area contributed by atoms with Gasteiger partial charge in [-0.15, -0.1) is 0 Å². The molecule has 92 valence electrons. The van der Waals surface area contributed by atoms with Crippen molar-refractivity contribution in [3.8, 4) is 0 Å². The van der Waals surface area contributed by atoms with Crippen molar-refractivity contribution in [2.75, 3.05) is 6.54 Å². The van der Waals surface area contributed by atoms with E-state index in [1.165, 1.54) is 0 Å². The Kier molecular flexibility index (Phi) is 5.29. The lowest BCUT2D eigenvalue weighted by Crippen LogP contribution is -2.47. The van der Waals surface area contributed by atoms with Crippen LogP contribution in [-0.2, 0) is 9.59 Å². The Labute approximate surface area is 96.6 Å². The molecule has 4 nitrogen and oxygen atoms in total. The number of unbranched alkanes of at least 4 members (excludes halogenated alkanes) is 2. The lowest BCUT2D eigenvalue weighted by Gasteiger charge is -2.33. The van der Waals surface area contributed by atoms with Gasteiger partial charge in [-0.05, 0) is 25.7 Å². The summed E-state index contributed by atoms with van der Waals surface area (Å²) in [6.45, 7) is 2.70. The van der Waals surface area contributed by atoms with Crippen LogP contribution in [0.4, 0.5) is 0 Å². The Balaban J connectivity index is 2.47. The number of carboxylic acid groups (broad SMARTS) is 1. The van der Waals surface area contributed by atoms with E-state index in [9.17, 15) is 9.59 Å². The summed E-state index contributed by atoms with van der Waals surface area (Å²) in [6, 6.07) is -0.581. The van der Waals surface area contributed by atoms with E-state index >= 15 is 0 Å². The number of amides is 1. The van der Waals surface area contributed by atoms with Crippen LogP contribution in [0.3, 0.4) is 0 Å². The molecule has 1 fully saturated rings. The van der Waals surface area contributed by atoms with Crippen molar-refractivity contribution in [2.45, 2.75) is 57.9 Å². The number of hydrogen-bond acceptors (Lipinski definition) is 2. The van der Waals surface area contributed by atoms with Crippen LogP contribution in [0.15, 0.2) is 0 Å². The van der Waals surface area contributed by atoms with Gasteiger partial charge in [0.1, 0.15) is 6.04 Å². The van der Waals surface area contributed by atoms with Crippen LogP contribution < -0.4 is 0 Å². The van der Waals surface area contributed by atoms with E-state index in [4.69, 9.17) is 5.11 Å². The smallest absolute Gasteiger partial charge is 0.326 e. The SMILES string of the molecule is CCCCCC(=O)N1CCCCC1C(=O)O. The van der Waals surface area contributed by atoms with Gasteiger partial charge >= 0.3 is 5.97 Å². The van der Waals surface area contributed by atoms with Crippen molar-refractivity contribution in [1.82, 2.24) is 4.90 Å². The largest absolute Gasteiger partial charge is 0.480 e. The zero-order chi connectivity index (χ0) is 12.0. The Hall–Kier alpha value is -1.06. The average molecular weight is 227 g/mol. The Morgan fingerprint density at radius 1 is 1.31 bits per heavy atom. The first-order chi connectivity index (χ1) is 7.66. The van der Waals surface area contributed by atoms with Gasteiger partial charge in [-0.1, -0.05) is 19.8 Å². The minimum Gasteiger partial charge on any atom is -0.480 e. The Morgan fingerprint density at radius 3 is 2.69 bits per heavy atom. The molecule has 0 bridgehead atoms. The molecule has 1 rings (SSSR count). The predicted octanol–water partition coefficient (Wildman–Crippen LogP) is 2.03. The molecular formula is C12H21NO3. The maximum atomic E-state index is 11.9. The lowest BCUT2D eigenvalue weighted by molar-refractivity contribution is -0.152. The number of rotatable bonds is 5. The Morgan fingerprint density at radius 2 is 2.06 bits per heavy atom. The molecule has 0 aromatic carbocycles. The molecule has 0 radical (unpaired) electrons. The molecule has 16 heavy (non-hydrogen) atoms. The van der Waals surface area contributed by atoms with Crippen LogP contribution in [0.1, 0.15) is 51.9 Å². The summed E-state index contributed by atoms with van der Waals surface area (Å²) in [6.07, 6.45) is 5.94. The predicted molar refractivity (Wildman–Crippen MR) is 61.1 cm³/mol. The van der Waals surface area contributed by atoms with Crippen LogP contribution in [0.2, 0.25) is 0 Å². The third-order valence-electron chi connectivity index (χ3n) is 3.10. The van der Waals surface area contributed by atoms with Gasteiger partial charge in [0, 0.05) is 13.0 Å². The highest BCUT2D eigenvalue weighted by Crippen LogP contribution is 2.18. The molecule has 1 aliphatic rings. The highest BCUT2D eigenvalue weighted by Gasteiger charge is 2.31. The van der Waals surface area contributed by atoms with Gasteiger partial charge in [-0.25, -0.2) is 4.79 Å². The van der Waals surface area contributed by atoms with E-state index in [0.29, 0.717) is 19.4 Å². The molecule has 1 heterocycles. The molecule has 0 aromatic rings. The Bertz CT molecular complexity index is 253. The van der Waals surface area contributed by atoms with Gasteiger partial charge in [-0.3, -0.25) is 4.79 Å². The van der Waals surface area contributed by atoms with Crippen LogP contribution >= 0.6 is 0 Å². The number of hydrogen-bond donors (Lipinski definition) is 1. The van der Waals surface area contributed by atoms with E-state index in [-0.39, 0.29) is 5.91 Å². The number of carbonyl (C=O) groups excluding carboxylic acids is 1. The van der Waals surface area contributed by atoms with Gasteiger partial charge in [0.05, 0.1) is 0 Å². The third kappa shape index (κ3) is 3.51. The van der Waals surface area contributed by atoms with E-state index in [1.807, 2.05) is 0 Å². The zero-order valence-electron chi connectivity index (χ0n) is 9.95. The maximum absolute atomic E-state index is 11.9. The number of nitrogens with zero attached hydrogens (tertiary/aromatic N) is 1. The maximum Gasteiger partial charge on any atom is 0.326 e. The molecular weight excluding hydrogens is 206 g/mol. The molecule has 0 aliphatic carbocycles. The van der Waals surface area contributed by atoms with Gasteiger partial charge < -0.3 is 10.0 Å². The number of carboxylic acids is 1. The molecule has 1 atom stereocenters. The van der Waals surface area contributed by atoms with Crippen molar-refractivity contribution in [3.63, 3.8) is 0 Å². The monoisotopic (exact) mass is 227 g/mol. The van der Waals surface area contributed by atoms with Crippen LogP contribution in [-0.4, -0.2) is 34.5 Å². The standard InChI is InChI=1S/C12H21NO3/c1-2-3-4-8-11(14)13-9-6-5-7-10(13)12(15)16/h10H,2-9H2,1H3,(H,15,16). The summed E-state index contributed by atoms with van der Waals surface area (Å²) < 4.78 is 0. The van der Waals surface area contributed by atoms with Crippen LogP contribution in [0.25, 0.3) is 0 Å². The van der Waals surface area contributed by atoms with Crippen molar-refractivity contribution in [2.24, 2.45) is 0 Å². The highest BCUT2D eigenvalue weighted by atomic mass is 16.4. The van der Waals surface area contributed by atoms with Gasteiger partial charge in [0.2, 0.25) is 5.91 Å². The fourth-order valence-corrected chi connectivity index (χ4v) is 2.16. The van der Waals surface area contributed by atoms with Crippen molar-refractivity contribution in [1.29, 1.82) is 0 Å². The molecule has 1 amide bonds. The number of aliphatic carboxylic acids is 1. The molecule has 1 N–H and O–H groups in total. The van der Waals surface area contributed by atoms with Crippen molar-refractivity contribution >= 4 is 11.9 Å². The molecule has 0 spiro atoms. The minimum atomic E-state index is -0.858. The molecule has 1 unspecified atom stereocenters. The topological polar surface area (TPSA) is 57.6 Å². The highest BCUT2D eigenvalue weighted by molar-refractivity contribution is 5.83. The van der Waals surface area contributed by atoms with Crippen LogP contribution in [0, 0.1) is 0 Å². The summed E-state index contributed by atoms with van der Waals surface area (Å²) in [5.74, 6) is -0.843. The minimum absolute atomic E-state index is 0.0144. The fourth-order valence-electron chi connectivity index (χ4n) is 2.16. The first-order valence-corrected chi connectivity index (χ1v) is 6.19. The number of carbonyl (C=O) groups is 2. The lowest BCUT2D eigenvalue weighted by atomic mass is 10.0. The molecule has 1 aliphatic heterocycles. The van der Waals surface area contributed by atoms with Crippen molar-refractivity contribution in [3.05, 3.63) is 0 Å². The third-order valence-corrected chi connectivity index (χ3v) is 3.10. The average Bonchev–Trinajstić information content (AvgIpc) is 2.29. The van der Waals surface area contributed by atoms with Gasteiger partial charge in [0.25, 0.3) is 0 Å². The molecule has 1 saturated heterocycles. The van der Waals surface area contributed by atoms with Crippen molar-refractivity contribution < 1.29 is 14.7 Å². The second kappa shape index (κ2) is 6.51. The normalized spacial score (nSPS) is 20.8. The summed E-state index contributed by atoms with van der Waals surface area (Å²) in [4.78, 5) is 24.4.